The van der Waals surface area contributed by atoms with E-state index in [2.05, 4.69) is 22.8 Å². The van der Waals surface area contributed by atoms with Gasteiger partial charge in [-0.1, -0.05) is 12.2 Å². The van der Waals surface area contributed by atoms with Crippen molar-refractivity contribution in [1.29, 1.82) is 0 Å². The lowest BCUT2D eigenvalue weighted by Gasteiger charge is -2.00. The van der Waals surface area contributed by atoms with E-state index >= 15 is 0 Å². The third-order valence-electron chi connectivity index (χ3n) is 1.29. The standard InChI is InChI=1S/C8H16N2/c1-4-8(10-3)6-5-7-9-2/h4-5,7,9-10H,6H2,1-3H3/b7-5-,8-4+. The highest BCUT2D eigenvalue weighted by Crippen LogP contribution is 1.94. The molecule has 58 valence electrons. The Morgan fingerprint density at radius 1 is 1.40 bits per heavy atom. The lowest BCUT2D eigenvalue weighted by atomic mass is 10.3. The molecule has 0 aliphatic rings. The van der Waals surface area contributed by atoms with Gasteiger partial charge < -0.3 is 10.6 Å². The Bertz CT molecular complexity index is 125. The molecule has 0 aromatic heterocycles. The predicted molar refractivity (Wildman–Crippen MR) is 45.6 cm³/mol. The van der Waals surface area contributed by atoms with E-state index in [1.54, 1.807) is 0 Å². The van der Waals surface area contributed by atoms with E-state index in [-0.39, 0.29) is 0 Å². The molecule has 0 aliphatic heterocycles. The summed E-state index contributed by atoms with van der Waals surface area (Å²) < 4.78 is 0. The number of hydrogen-bond donors (Lipinski definition) is 2. The lowest BCUT2D eigenvalue weighted by Crippen LogP contribution is -2.04. The highest BCUT2D eigenvalue weighted by Gasteiger charge is 1.84. The van der Waals surface area contributed by atoms with E-state index in [0.29, 0.717) is 0 Å². The summed E-state index contributed by atoms with van der Waals surface area (Å²) >= 11 is 0. The van der Waals surface area contributed by atoms with Crippen LogP contribution in [0.4, 0.5) is 0 Å². The quantitative estimate of drug-likeness (QED) is 0.613. The molecule has 0 fully saturated rings. The molecule has 0 saturated carbocycles. The van der Waals surface area contributed by atoms with Crippen LogP contribution in [-0.2, 0) is 0 Å². The van der Waals surface area contributed by atoms with E-state index in [0.717, 1.165) is 6.42 Å². The minimum absolute atomic E-state index is 0.966. The van der Waals surface area contributed by atoms with Crippen molar-refractivity contribution in [3.8, 4) is 0 Å². The van der Waals surface area contributed by atoms with Crippen LogP contribution in [0.5, 0.6) is 0 Å². The van der Waals surface area contributed by atoms with Crippen LogP contribution in [0, 0.1) is 0 Å². The Hall–Kier alpha value is -0.920. The summed E-state index contributed by atoms with van der Waals surface area (Å²) in [7, 11) is 3.83. The fourth-order valence-corrected chi connectivity index (χ4v) is 0.668. The van der Waals surface area contributed by atoms with Crippen molar-refractivity contribution in [1.82, 2.24) is 10.6 Å². The van der Waals surface area contributed by atoms with Gasteiger partial charge in [0.15, 0.2) is 0 Å². The molecular weight excluding hydrogens is 124 g/mol. The van der Waals surface area contributed by atoms with E-state index in [1.807, 2.05) is 27.2 Å². The van der Waals surface area contributed by atoms with Gasteiger partial charge >= 0.3 is 0 Å². The predicted octanol–water partition coefficient (Wildman–Crippen LogP) is 1.23. The third-order valence-corrected chi connectivity index (χ3v) is 1.29. The molecule has 0 unspecified atom stereocenters. The van der Waals surface area contributed by atoms with Crippen molar-refractivity contribution in [2.45, 2.75) is 13.3 Å². The SMILES string of the molecule is C/C=C(\C/C=C\NC)NC. The molecule has 0 rings (SSSR count). The van der Waals surface area contributed by atoms with Gasteiger partial charge in [-0.15, -0.1) is 0 Å². The van der Waals surface area contributed by atoms with Crippen molar-refractivity contribution >= 4 is 0 Å². The van der Waals surface area contributed by atoms with Gasteiger partial charge in [-0.2, -0.15) is 0 Å². The average Bonchev–Trinajstić information content (AvgIpc) is 1.99. The Labute approximate surface area is 63.0 Å². The van der Waals surface area contributed by atoms with Gasteiger partial charge in [-0.05, 0) is 13.1 Å². The molecule has 10 heavy (non-hydrogen) atoms. The Morgan fingerprint density at radius 2 is 2.10 bits per heavy atom. The molecule has 0 radical (unpaired) electrons. The summed E-state index contributed by atoms with van der Waals surface area (Å²) in [5.41, 5.74) is 1.24. The molecule has 0 bridgehead atoms. The van der Waals surface area contributed by atoms with Gasteiger partial charge in [0.2, 0.25) is 0 Å². The molecule has 0 atom stereocenters. The first kappa shape index (κ1) is 9.08. The molecule has 0 aromatic rings. The average molecular weight is 140 g/mol. The van der Waals surface area contributed by atoms with Gasteiger partial charge in [-0.3, -0.25) is 0 Å². The number of nitrogens with one attached hydrogen (secondary N) is 2. The molecule has 0 aliphatic carbocycles. The van der Waals surface area contributed by atoms with E-state index in [4.69, 9.17) is 0 Å². The maximum Gasteiger partial charge on any atom is 0.00996 e. The Morgan fingerprint density at radius 3 is 2.50 bits per heavy atom. The van der Waals surface area contributed by atoms with Crippen molar-refractivity contribution in [3.63, 3.8) is 0 Å². The number of hydrogen-bond acceptors (Lipinski definition) is 2. The van der Waals surface area contributed by atoms with Crippen LogP contribution in [0.1, 0.15) is 13.3 Å². The normalized spacial score (nSPS) is 12.1. The molecule has 0 spiro atoms. The summed E-state index contributed by atoms with van der Waals surface area (Å²) in [5, 5.41) is 6.03. The van der Waals surface area contributed by atoms with Gasteiger partial charge in [-0.25, -0.2) is 0 Å². The van der Waals surface area contributed by atoms with Gasteiger partial charge in [0, 0.05) is 26.2 Å². The van der Waals surface area contributed by atoms with Crippen molar-refractivity contribution in [2.24, 2.45) is 0 Å². The molecule has 0 amide bonds. The zero-order chi connectivity index (χ0) is 7.82. The summed E-state index contributed by atoms with van der Waals surface area (Å²) in [6.07, 6.45) is 7.04. The fraction of sp³-hybridized carbons (Fsp3) is 0.500. The molecule has 2 N–H and O–H groups in total. The van der Waals surface area contributed by atoms with Crippen molar-refractivity contribution in [3.05, 3.63) is 24.0 Å². The zero-order valence-electron chi connectivity index (χ0n) is 6.94. The van der Waals surface area contributed by atoms with Crippen LogP contribution in [0.2, 0.25) is 0 Å². The van der Waals surface area contributed by atoms with E-state index in [1.165, 1.54) is 5.70 Å². The second-order valence-electron chi connectivity index (χ2n) is 1.96. The minimum Gasteiger partial charge on any atom is -0.394 e. The first-order chi connectivity index (χ1) is 4.85. The molecular formula is C8H16N2. The molecule has 0 heterocycles. The zero-order valence-corrected chi connectivity index (χ0v) is 6.94. The largest absolute Gasteiger partial charge is 0.394 e. The van der Waals surface area contributed by atoms with Crippen molar-refractivity contribution < 1.29 is 0 Å². The van der Waals surface area contributed by atoms with Gasteiger partial charge in [0.25, 0.3) is 0 Å². The second kappa shape index (κ2) is 6.20. The summed E-state index contributed by atoms with van der Waals surface area (Å²) in [6, 6.07) is 0. The van der Waals surface area contributed by atoms with Crippen LogP contribution in [0.25, 0.3) is 0 Å². The van der Waals surface area contributed by atoms with E-state index < -0.39 is 0 Å². The summed E-state index contributed by atoms with van der Waals surface area (Å²) in [5.74, 6) is 0. The molecule has 2 heteroatoms. The number of allylic oxidation sites excluding steroid dienone is 2. The second-order valence-corrected chi connectivity index (χ2v) is 1.96. The van der Waals surface area contributed by atoms with Crippen LogP contribution in [-0.4, -0.2) is 14.1 Å². The smallest absolute Gasteiger partial charge is 0.00996 e. The van der Waals surface area contributed by atoms with Gasteiger partial charge in [0.1, 0.15) is 0 Å². The fourth-order valence-electron chi connectivity index (χ4n) is 0.668. The first-order valence-corrected chi connectivity index (χ1v) is 3.50. The monoisotopic (exact) mass is 140 g/mol. The lowest BCUT2D eigenvalue weighted by molar-refractivity contribution is 0.927. The molecule has 2 nitrogen and oxygen atoms in total. The maximum absolute atomic E-state index is 3.09. The van der Waals surface area contributed by atoms with Crippen LogP contribution < -0.4 is 10.6 Å². The van der Waals surface area contributed by atoms with E-state index in [9.17, 15) is 0 Å². The highest BCUT2D eigenvalue weighted by molar-refractivity contribution is 5.02. The number of rotatable bonds is 4. The minimum atomic E-state index is 0.966. The van der Waals surface area contributed by atoms with Crippen LogP contribution in [0.15, 0.2) is 24.0 Å². The Kier molecular flexibility index (Phi) is 5.63. The molecule has 0 saturated heterocycles. The Balaban J connectivity index is 3.55. The highest BCUT2D eigenvalue weighted by atomic mass is 14.8. The van der Waals surface area contributed by atoms with Crippen LogP contribution in [0.3, 0.4) is 0 Å². The van der Waals surface area contributed by atoms with Crippen LogP contribution >= 0.6 is 0 Å². The topological polar surface area (TPSA) is 24.1 Å². The molecule has 0 aromatic carbocycles. The van der Waals surface area contributed by atoms with Gasteiger partial charge in [0.05, 0.1) is 0 Å². The first-order valence-electron chi connectivity index (χ1n) is 3.50. The maximum atomic E-state index is 3.09. The van der Waals surface area contributed by atoms with Crippen molar-refractivity contribution in [2.75, 3.05) is 14.1 Å². The summed E-state index contributed by atoms with van der Waals surface area (Å²) in [4.78, 5) is 0. The third kappa shape index (κ3) is 4.01. The summed E-state index contributed by atoms with van der Waals surface area (Å²) in [6.45, 7) is 2.03.